The third kappa shape index (κ3) is 6.01. The molecule has 2 fully saturated rings. The number of anilines is 2. The number of sulfonamides is 1. The maximum absolute atomic E-state index is 13.8. The van der Waals surface area contributed by atoms with Gasteiger partial charge in [0.1, 0.15) is 4.90 Å². The number of fused-ring (bicyclic) bond motifs is 1. The number of benzene rings is 1. The summed E-state index contributed by atoms with van der Waals surface area (Å²) in [5.41, 5.74) is 4.83. The lowest BCUT2D eigenvalue weighted by Crippen LogP contribution is -2.44. The number of carbonyl (C=O) groups is 1. The number of pyridine rings is 1. The highest BCUT2D eigenvalue weighted by Gasteiger charge is 2.32. The average molecular weight is 580 g/mol. The largest absolute Gasteiger partial charge is 0.381 e. The van der Waals surface area contributed by atoms with E-state index in [0.29, 0.717) is 37.4 Å². The number of Topliss-reactive ketones (excluding diaryl/α,β-unsaturated/α-hetero) is 1. The summed E-state index contributed by atoms with van der Waals surface area (Å²) < 4.78 is 33.5. The quantitative estimate of drug-likeness (QED) is 0.387. The van der Waals surface area contributed by atoms with Gasteiger partial charge in [0.25, 0.3) is 0 Å². The Morgan fingerprint density at radius 3 is 2.68 bits per heavy atom. The summed E-state index contributed by atoms with van der Waals surface area (Å²) in [7, 11) is -1.57. The van der Waals surface area contributed by atoms with Gasteiger partial charge in [-0.25, -0.2) is 8.42 Å². The number of carbonyl (C=O) groups excluding carboxylic acids is 1. The molecule has 1 aromatic carbocycles. The smallest absolute Gasteiger partial charge is 0.244 e. The lowest BCUT2D eigenvalue weighted by Gasteiger charge is -2.34. The minimum absolute atomic E-state index is 0.0500. The fourth-order valence-electron chi connectivity index (χ4n) is 5.79. The Balaban J connectivity index is 1.24. The van der Waals surface area contributed by atoms with Crippen LogP contribution in [-0.4, -0.2) is 97.6 Å². The van der Waals surface area contributed by atoms with E-state index in [4.69, 9.17) is 4.74 Å². The molecule has 0 aliphatic carbocycles. The van der Waals surface area contributed by atoms with Crippen LogP contribution < -0.4 is 10.2 Å². The first kappa shape index (κ1) is 27.8. The van der Waals surface area contributed by atoms with E-state index in [1.165, 1.54) is 10.5 Å². The monoisotopic (exact) mass is 579 g/mol. The van der Waals surface area contributed by atoms with Crippen molar-refractivity contribution in [3.05, 3.63) is 65.2 Å². The van der Waals surface area contributed by atoms with E-state index in [-0.39, 0.29) is 29.7 Å². The summed E-state index contributed by atoms with van der Waals surface area (Å²) in [4.78, 5) is 22.6. The SMILES string of the molecule is CN1CCN(c2ccc(C(=O)Cc3n[nH]c4c3CN(S(=O)(=O)c3cccnc3)CC4)c(NC3CCOCC3)c2)CC1. The number of ketones is 1. The highest BCUT2D eigenvalue weighted by atomic mass is 32.2. The first-order chi connectivity index (χ1) is 19.9. The fourth-order valence-corrected chi connectivity index (χ4v) is 7.17. The lowest BCUT2D eigenvalue weighted by molar-refractivity contribution is 0.0904. The van der Waals surface area contributed by atoms with E-state index >= 15 is 0 Å². The topological polar surface area (TPSA) is 124 Å². The van der Waals surface area contributed by atoms with Gasteiger partial charge in [0.2, 0.25) is 10.0 Å². The summed E-state index contributed by atoms with van der Waals surface area (Å²) >= 11 is 0. The molecule has 2 saturated heterocycles. The van der Waals surface area contributed by atoms with Crippen molar-refractivity contribution in [3.8, 4) is 0 Å². The lowest BCUT2D eigenvalue weighted by atomic mass is 9.98. The second-order valence-corrected chi connectivity index (χ2v) is 13.0. The van der Waals surface area contributed by atoms with Crippen LogP contribution in [0.15, 0.2) is 47.6 Å². The standard InChI is InChI=1S/C29H37N7O4S/c1-34-11-13-35(14-12-34)22-4-5-24(27(17-22)31-21-7-15-40-16-8-21)29(37)18-28-25-20-36(10-6-26(25)32-33-28)41(38,39)23-3-2-9-30-19-23/h2-5,9,17,19,21,31H,6-8,10-16,18,20H2,1H3,(H,32,33). The van der Waals surface area contributed by atoms with Crippen molar-refractivity contribution in [2.24, 2.45) is 0 Å². The molecule has 0 atom stereocenters. The van der Waals surface area contributed by atoms with Gasteiger partial charge in [-0.05, 0) is 50.2 Å². The van der Waals surface area contributed by atoms with Crippen molar-refractivity contribution < 1.29 is 17.9 Å². The highest BCUT2D eigenvalue weighted by molar-refractivity contribution is 7.89. The molecule has 0 bridgehead atoms. The van der Waals surface area contributed by atoms with Gasteiger partial charge in [-0.15, -0.1) is 0 Å². The molecule has 3 aromatic rings. The molecule has 11 nitrogen and oxygen atoms in total. The molecule has 6 rings (SSSR count). The molecular weight excluding hydrogens is 542 g/mol. The summed E-state index contributed by atoms with van der Waals surface area (Å²) in [5.74, 6) is -0.0500. The van der Waals surface area contributed by atoms with Crippen LogP contribution in [0.25, 0.3) is 0 Å². The number of hydrogen-bond donors (Lipinski definition) is 2. The van der Waals surface area contributed by atoms with E-state index in [2.05, 4.69) is 43.4 Å². The van der Waals surface area contributed by atoms with Gasteiger partial charge in [-0.3, -0.25) is 14.9 Å². The number of aromatic amines is 1. The van der Waals surface area contributed by atoms with Crippen molar-refractivity contribution in [2.45, 2.75) is 43.2 Å². The predicted molar refractivity (Wildman–Crippen MR) is 156 cm³/mol. The normalized spacial score (nSPS) is 19.2. The van der Waals surface area contributed by atoms with Gasteiger partial charge in [-0.2, -0.15) is 9.40 Å². The van der Waals surface area contributed by atoms with Crippen LogP contribution in [0.1, 0.15) is 40.2 Å². The van der Waals surface area contributed by atoms with E-state index in [0.717, 1.165) is 61.7 Å². The van der Waals surface area contributed by atoms with Gasteiger partial charge < -0.3 is 19.9 Å². The average Bonchev–Trinajstić information content (AvgIpc) is 3.40. The van der Waals surface area contributed by atoms with Crippen LogP contribution in [0.5, 0.6) is 0 Å². The molecule has 0 radical (unpaired) electrons. The molecule has 218 valence electrons. The van der Waals surface area contributed by atoms with Crippen molar-refractivity contribution >= 4 is 27.2 Å². The Morgan fingerprint density at radius 2 is 1.93 bits per heavy atom. The predicted octanol–water partition coefficient (Wildman–Crippen LogP) is 2.32. The molecule has 0 unspecified atom stereocenters. The minimum atomic E-state index is -3.71. The van der Waals surface area contributed by atoms with Crippen molar-refractivity contribution in [3.63, 3.8) is 0 Å². The van der Waals surface area contributed by atoms with E-state index in [1.807, 2.05) is 12.1 Å². The number of ether oxygens (including phenoxy) is 1. The molecule has 0 amide bonds. The van der Waals surface area contributed by atoms with E-state index in [1.54, 1.807) is 18.3 Å². The molecule has 2 aromatic heterocycles. The number of nitrogens with one attached hydrogen (secondary N) is 2. The molecule has 2 N–H and O–H groups in total. The zero-order valence-electron chi connectivity index (χ0n) is 23.4. The van der Waals surface area contributed by atoms with E-state index < -0.39 is 10.0 Å². The number of likely N-dealkylation sites (N-methyl/N-ethyl adjacent to an activating group) is 1. The summed E-state index contributed by atoms with van der Waals surface area (Å²) in [6.07, 6.45) is 5.29. The maximum atomic E-state index is 13.8. The van der Waals surface area contributed by atoms with Crippen LogP contribution >= 0.6 is 0 Å². The van der Waals surface area contributed by atoms with Crippen LogP contribution in [-0.2, 0) is 34.1 Å². The Bertz CT molecular complexity index is 1480. The van der Waals surface area contributed by atoms with Gasteiger partial charge in [0.15, 0.2) is 5.78 Å². The second-order valence-electron chi connectivity index (χ2n) is 11.1. The summed E-state index contributed by atoms with van der Waals surface area (Å²) in [5, 5.41) is 11.2. The third-order valence-corrected chi connectivity index (χ3v) is 10.2. The zero-order chi connectivity index (χ0) is 28.4. The van der Waals surface area contributed by atoms with Crippen molar-refractivity contribution in [1.82, 2.24) is 24.4 Å². The Morgan fingerprint density at radius 1 is 1.12 bits per heavy atom. The molecule has 0 spiro atoms. The number of hydrogen-bond acceptors (Lipinski definition) is 9. The van der Waals surface area contributed by atoms with Crippen LogP contribution in [0.2, 0.25) is 0 Å². The minimum Gasteiger partial charge on any atom is -0.381 e. The zero-order valence-corrected chi connectivity index (χ0v) is 24.2. The van der Waals surface area contributed by atoms with Gasteiger partial charge in [0, 0.05) is 106 Å². The van der Waals surface area contributed by atoms with Crippen LogP contribution in [0.3, 0.4) is 0 Å². The first-order valence-electron chi connectivity index (χ1n) is 14.3. The number of aromatic nitrogens is 3. The van der Waals surface area contributed by atoms with Crippen LogP contribution in [0, 0.1) is 0 Å². The molecule has 12 heteroatoms. The summed E-state index contributed by atoms with van der Waals surface area (Å²) in [6, 6.07) is 9.48. The first-order valence-corrected chi connectivity index (χ1v) is 15.7. The highest BCUT2D eigenvalue weighted by Crippen LogP contribution is 2.30. The molecule has 41 heavy (non-hydrogen) atoms. The van der Waals surface area contributed by atoms with Gasteiger partial charge in [-0.1, -0.05) is 0 Å². The van der Waals surface area contributed by atoms with Gasteiger partial charge in [0.05, 0.1) is 12.1 Å². The van der Waals surface area contributed by atoms with Gasteiger partial charge >= 0.3 is 0 Å². The fraction of sp³-hybridized carbons (Fsp3) is 0.483. The molecule has 0 saturated carbocycles. The van der Waals surface area contributed by atoms with Crippen LogP contribution in [0.4, 0.5) is 11.4 Å². The Hall–Kier alpha value is -3.32. The van der Waals surface area contributed by atoms with E-state index in [9.17, 15) is 13.2 Å². The number of piperazine rings is 1. The molecule has 3 aliphatic heterocycles. The third-order valence-electron chi connectivity index (χ3n) is 8.34. The number of nitrogens with zero attached hydrogens (tertiary/aromatic N) is 5. The molecular formula is C29H37N7O4S. The molecule has 5 heterocycles. The van der Waals surface area contributed by atoms with Crippen molar-refractivity contribution in [1.29, 1.82) is 0 Å². The summed E-state index contributed by atoms with van der Waals surface area (Å²) in [6.45, 7) is 5.81. The second kappa shape index (κ2) is 11.9. The maximum Gasteiger partial charge on any atom is 0.244 e. The van der Waals surface area contributed by atoms with Crippen molar-refractivity contribution in [2.75, 3.05) is 63.2 Å². The Kier molecular flexibility index (Phi) is 8.07. The number of H-pyrrole nitrogens is 1. The Labute approximate surface area is 240 Å². The molecule has 3 aliphatic rings. The number of rotatable bonds is 8.